The molecule has 3 atom stereocenters. The number of nitrogen functional groups attached to an aromatic ring is 1. The lowest BCUT2D eigenvalue weighted by Crippen LogP contribution is -2.59. The zero-order chi connectivity index (χ0) is 30.6. The summed E-state index contributed by atoms with van der Waals surface area (Å²) in [6.07, 6.45) is -1.28. The predicted octanol–water partition coefficient (Wildman–Crippen LogP) is 4.73. The largest absolute Gasteiger partial charge is 0.477 e. The number of fused-ring (bicyclic) bond motifs is 6. The lowest BCUT2D eigenvalue weighted by Gasteiger charge is -2.43. The molecule has 44 heavy (non-hydrogen) atoms. The molecule has 4 saturated heterocycles. The Morgan fingerprint density at radius 3 is 2.73 bits per heavy atom. The highest BCUT2D eigenvalue weighted by molar-refractivity contribution is 5.97. The molecule has 9 nitrogen and oxygen atoms in total. The molecule has 1 saturated carbocycles. The molecule has 9 rings (SSSR count). The van der Waals surface area contributed by atoms with Gasteiger partial charge in [0, 0.05) is 47.8 Å². The molecule has 0 unspecified atom stereocenters. The van der Waals surface area contributed by atoms with Gasteiger partial charge < -0.3 is 30.2 Å². The number of nitrogens with two attached hydrogens (primary N) is 1. The fraction of sp³-hybridized carbons (Fsp3) is 0.567. The molecule has 1 aromatic carbocycles. The van der Waals surface area contributed by atoms with Crippen molar-refractivity contribution in [1.82, 2.24) is 20.3 Å². The first-order valence-corrected chi connectivity index (χ1v) is 14.9. The van der Waals surface area contributed by atoms with E-state index in [2.05, 4.69) is 20.2 Å². The molecule has 7 heterocycles. The number of alkyl halides is 4. The number of hydrogen-bond donors (Lipinski definition) is 2. The van der Waals surface area contributed by atoms with Gasteiger partial charge in [0.15, 0.2) is 5.82 Å². The lowest BCUT2D eigenvalue weighted by molar-refractivity contribution is -0.137. The number of nitrogens with zero attached hydrogens (tertiary/aromatic N) is 4. The Kier molecular flexibility index (Phi) is 6.04. The van der Waals surface area contributed by atoms with Gasteiger partial charge in [0.05, 0.1) is 31.0 Å². The Balaban J connectivity index is 1.30. The molecule has 3 aromatic rings. The minimum Gasteiger partial charge on any atom is -0.477 e. The second-order valence-corrected chi connectivity index (χ2v) is 13.0. The first kappa shape index (κ1) is 28.0. The molecule has 5 aliphatic heterocycles. The van der Waals surface area contributed by atoms with Crippen molar-refractivity contribution in [3.63, 3.8) is 0 Å². The van der Waals surface area contributed by atoms with Crippen LogP contribution in [0, 0.1) is 18.2 Å². The smallest absolute Gasteiger partial charge is 0.417 e. The van der Waals surface area contributed by atoms with E-state index >= 15 is 4.39 Å². The number of halogens is 5. The molecule has 14 heteroatoms. The third kappa shape index (κ3) is 4.20. The van der Waals surface area contributed by atoms with Gasteiger partial charge in [-0.1, -0.05) is 0 Å². The summed E-state index contributed by atoms with van der Waals surface area (Å²) in [5.41, 5.74) is 2.28. The Morgan fingerprint density at radius 1 is 1.16 bits per heavy atom. The van der Waals surface area contributed by atoms with Crippen LogP contribution in [0.5, 0.6) is 11.9 Å². The first-order chi connectivity index (χ1) is 21.0. The summed E-state index contributed by atoms with van der Waals surface area (Å²) in [4.78, 5) is 15.6. The Bertz CT molecular complexity index is 1680. The van der Waals surface area contributed by atoms with Crippen LogP contribution in [-0.2, 0) is 10.9 Å². The summed E-state index contributed by atoms with van der Waals surface area (Å²) in [6, 6.07) is 2.50. The number of pyridine rings is 1. The van der Waals surface area contributed by atoms with Crippen molar-refractivity contribution in [2.75, 3.05) is 43.7 Å². The van der Waals surface area contributed by atoms with Crippen LogP contribution >= 0.6 is 0 Å². The van der Waals surface area contributed by atoms with Gasteiger partial charge in [-0.2, -0.15) is 23.1 Å². The molecule has 0 radical (unpaired) electrons. The van der Waals surface area contributed by atoms with Crippen molar-refractivity contribution in [3.8, 4) is 23.1 Å². The number of aromatic nitrogens is 3. The van der Waals surface area contributed by atoms with Gasteiger partial charge in [0.25, 0.3) is 0 Å². The number of aryl methyl sites for hydroxylation is 1. The predicted molar refractivity (Wildman–Crippen MR) is 150 cm³/mol. The minimum absolute atomic E-state index is 0.0115. The van der Waals surface area contributed by atoms with Crippen LogP contribution < -0.4 is 25.4 Å². The topological polar surface area (TPSA) is 108 Å². The van der Waals surface area contributed by atoms with Crippen molar-refractivity contribution in [3.05, 3.63) is 29.1 Å². The summed E-state index contributed by atoms with van der Waals surface area (Å²) < 4.78 is 90.9. The third-order valence-corrected chi connectivity index (χ3v) is 9.92. The van der Waals surface area contributed by atoms with Crippen LogP contribution in [0.1, 0.15) is 43.2 Å². The average Bonchev–Trinajstić information content (AvgIpc) is 3.63. The fourth-order valence-electron chi connectivity index (χ4n) is 8.12. The zero-order valence-corrected chi connectivity index (χ0v) is 23.9. The molecule has 2 aromatic heterocycles. The Hall–Kier alpha value is -3.52. The van der Waals surface area contributed by atoms with Gasteiger partial charge in [-0.15, -0.1) is 0 Å². The van der Waals surface area contributed by atoms with E-state index in [9.17, 15) is 17.6 Å². The molecule has 6 aliphatic rings. The summed E-state index contributed by atoms with van der Waals surface area (Å²) in [6.45, 7) is 1.97. The second kappa shape index (κ2) is 9.49. The number of piperazine rings is 1. The van der Waals surface area contributed by atoms with Crippen molar-refractivity contribution in [2.45, 2.75) is 68.9 Å². The Morgan fingerprint density at radius 2 is 1.98 bits per heavy atom. The highest BCUT2D eigenvalue weighted by Gasteiger charge is 2.63. The average molecular weight is 619 g/mol. The van der Waals surface area contributed by atoms with E-state index in [0.29, 0.717) is 38.2 Å². The van der Waals surface area contributed by atoms with E-state index in [1.165, 1.54) is 13.0 Å². The molecule has 4 bridgehead atoms. The summed E-state index contributed by atoms with van der Waals surface area (Å²) in [5.74, 6) is -0.744. The Labute approximate surface area is 249 Å². The normalized spacial score (nSPS) is 30.4. The van der Waals surface area contributed by atoms with Gasteiger partial charge in [-0.25, -0.2) is 13.8 Å². The fourth-order valence-corrected chi connectivity index (χ4v) is 8.12. The van der Waals surface area contributed by atoms with Gasteiger partial charge >= 0.3 is 12.2 Å². The highest BCUT2D eigenvalue weighted by atomic mass is 19.4. The second-order valence-electron chi connectivity index (χ2n) is 13.0. The zero-order valence-electron chi connectivity index (χ0n) is 23.9. The van der Waals surface area contributed by atoms with Crippen LogP contribution in [0.25, 0.3) is 22.2 Å². The molecule has 234 valence electrons. The monoisotopic (exact) mass is 618 g/mol. The number of benzene rings is 1. The van der Waals surface area contributed by atoms with E-state index in [-0.39, 0.29) is 65.4 Å². The molecular formula is C30H31F5N6O3. The summed E-state index contributed by atoms with van der Waals surface area (Å²) >= 11 is 0. The van der Waals surface area contributed by atoms with E-state index in [4.69, 9.17) is 24.9 Å². The number of ether oxygens (including phenoxy) is 3. The maximum Gasteiger partial charge on any atom is 0.417 e. The van der Waals surface area contributed by atoms with Crippen LogP contribution in [0.4, 0.5) is 33.5 Å². The lowest BCUT2D eigenvalue weighted by atomic mass is 9.63. The molecular weight excluding hydrogens is 587 g/mol. The third-order valence-electron chi connectivity index (χ3n) is 9.92. The van der Waals surface area contributed by atoms with E-state index in [0.717, 1.165) is 18.9 Å². The molecule has 0 spiro atoms. The maximum atomic E-state index is 16.7. The van der Waals surface area contributed by atoms with Gasteiger partial charge in [-0.05, 0) is 50.3 Å². The standard InChI is InChI=1S/C30H31F5N6O3/c1-14-6-15(36)7-17(21(14)30(33,34)35)23-22(32)24-20-25(40-27(39-24)43-12-28-9-29(10-28,11-31)44-13-28)41-8-16-2-3-18(37-16)19(41)4-5-42-26(20)38-23/h6-7,16,18-19,37H,2-5,8-13,36H2,1H3/t16-,18+,19-,28?,29?/m1/s1. The SMILES string of the molecule is Cc1cc(N)cc(-c2nc3c4c(nc(OCC56COC(CF)(C5)C6)nc4c2F)N2C[C@H]4CC[C@H](N4)[C@H]2CCO3)c1C(F)(F)F. The summed E-state index contributed by atoms with van der Waals surface area (Å²) in [5, 5.41) is 3.82. The van der Waals surface area contributed by atoms with Crippen LogP contribution in [0.15, 0.2) is 12.1 Å². The molecule has 5 fully saturated rings. The first-order valence-electron chi connectivity index (χ1n) is 14.9. The number of nitrogens with one attached hydrogen (secondary N) is 1. The quantitative estimate of drug-likeness (QED) is 0.310. The van der Waals surface area contributed by atoms with Gasteiger partial charge in [0.2, 0.25) is 5.88 Å². The highest BCUT2D eigenvalue weighted by Crippen LogP contribution is 2.58. The maximum absolute atomic E-state index is 16.7. The van der Waals surface area contributed by atoms with Gasteiger partial charge in [-0.3, -0.25) is 0 Å². The minimum atomic E-state index is -4.80. The van der Waals surface area contributed by atoms with E-state index in [1.54, 1.807) is 0 Å². The van der Waals surface area contributed by atoms with Crippen LogP contribution in [0.2, 0.25) is 0 Å². The van der Waals surface area contributed by atoms with E-state index < -0.39 is 46.5 Å². The number of hydrogen-bond acceptors (Lipinski definition) is 9. The van der Waals surface area contributed by atoms with Crippen molar-refractivity contribution >= 4 is 22.4 Å². The van der Waals surface area contributed by atoms with Crippen molar-refractivity contribution in [2.24, 2.45) is 5.41 Å². The van der Waals surface area contributed by atoms with Gasteiger partial charge in [0.1, 0.15) is 29.1 Å². The van der Waals surface area contributed by atoms with Crippen LogP contribution in [-0.4, -0.2) is 71.7 Å². The number of rotatable bonds is 5. The molecule has 1 aliphatic carbocycles. The number of anilines is 2. The molecule has 0 amide bonds. The van der Waals surface area contributed by atoms with E-state index in [1.807, 2.05) is 0 Å². The van der Waals surface area contributed by atoms with Crippen LogP contribution in [0.3, 0.4) is 0 Å². The van der Waals surface area contributed by atoms with Crippen molar-refractivity contribution in [1.29, 1.82) is 0 Å². The molecule has 3 N–H and O–H groups in total. The van der Waals surface area contributed by atoms with Crippen molar-refractivity contribution < 1.29 is 36.2 Å². The summed E-state index contributed by atoms with van der Waals surface area (Å²) in [7, 11) is 0.